The minimum absolute atomic E-state index is 0.182. The molecule has 0 amide bonds. The molecule has 0 saturated carbocycles. The Labute approximate surface area is 99.9 Å². The van der Waals surface area contributed by atoms with Crippen molar-refractivity contribution in [2.24, 2.45) is 0 Å². The third kappa shape index (κ3) is 3.57. The van der Waals surface area contributed by atoms with E-state index < -0.39 is 5.97 Å². The van der Waals surface area contributed by atoms with Crippen LogP contribution in [0.2, 0.25) is 0 Å². The second kappa shape index (κ2) is 5.96. The number of aryl methyl sites for hydroxylation is 1. The molecule has 0 spiro atoms. The highest BCUT2D eigenvalue weighted by Crippen LogP contribution is 2.21. The van der Waals surface area contributed by atoms with Crippen LogP contribution in [0.3, 0.4) is 0 Å². The molecule has 0 aliphatic rings. The van der Waals surface area contributed by atoms with Crippen molar-refractivity contribution in [3.8, 4) is 0 Å². The van der Waals surface area contributed by atoms with Gasteiger partial charge in [0.25, 0.3) is 0 Å². The minimum atomic E-state index is -0.750. The molecular weight excluding hydrogens is 224 g/mol. The number of hydrogen-bond donors (Lipinski definition) is 1. The van der Waals surface area contributed by atoms with E-state index >= 15 is 0 Å². The summed E-state index contributed by atoms with van der Waals surface area (Å²) in [6, 6.07) is 0.189. The van der Waals surface area contributed by atoms with E-state index in [0.717, 1.165) is 17.2 Å². The molecule has 1 aromatic rings. The first-order chi connectivity index (χ1) is 7.54. The van der Waals surface area contributed by atoms with Gasteiger partial charge in [0.2, 0.25) is 0 Å². The summed E-state index contributed by atoms with van der Waals surface area (Å²) in [6.45, 7) is 7.50. The van der Waals surface area contributed by atoms with E-state index in [2.05, 4.69) is 16.8 Å². The number of rotatable bonds is 6. The topological polar surface area (TPSA) is 53.4 Å². The summed E-state index contributed by atoms with van der Waals surface area (Å²) in [6.07, 6.45) is 0.182. The number of thiazole rings is 1. The van der Waals surface area contributed by atoms with Crippen molar-refractivity contribution in [3.05, 3.63) is 16.1 Å². The summed E-state index contributed by atoms with van der Waals surface area (Å²) in [5, 5.41) is 11.8. The van der Waals surface area contributed by atoms with Crippen molar-refractivity contribution in [1.82, 2.24) is 9.88 Å². The Balaban J connectivity index is 2.61. The summed E-state index contributed by atoms with van der Waals surface area (Å²) >= 11 is 1.63. The highest BCUT2D eigenvalue weighted by atomic mass is 32.1. The summed E-state index contributed by atoms with van der Waals surface area (Å²) in [4.78, 5) is 17.1. The molecule has 1 rings (SSSR count). The second-order valence-corrected chi connectivity index (χ2v) is 4.80. The van der Waals surface area contributed by atoms with Gasteiger partial charge in [0, 0.05) is 11.9 Å². The lowest BCUT2D eigenvalue weighted by Gasteiger charge is -2.25. The summed E-state index contributed by atoms with van der Waals surface area (Å²) in [5.41, 5.74) is 1.04. The normalized spacial score (nSPS) is 13.0. The molecule has 0 bridgehead atoms. The third-order valence-corrected chi connectivity index (χ3v) is 3.42. The largest absolute Gasteiger partial charge is 0.481 e. The molecule has 0 saturated heterocycles. The zero-order valence-electron chi connectivity index (χ0n) is 9.93. The molecule has 0 fully saturated rings. The lowest BCUT2D eigenvalue weighted by Crippen LogP contribution is -2.29. The van der Waals surface area contributed by atoms with E-state index in [1.807, 2.05) is 19.2 Å². The summed E-state index contributed by atoms with van der Waals surface area (Å²) < 4.78 is 0. The standard InChI is InChI=1S/C11H18N2O2S/c1-4-13(6-5-11(14)15)8(2)10-7-16-9(3)12-10/h7-8H,4-6H2,1-3H3,(H,14,15). The van der Waals surface area contributed by atoms with Gasteiger partial charge >= 0.3 is 5.97 Å². The number of nitrogens with zero attached hydrogens (tertiary/aromatic N) is 2. The smallest absolute Gasteiger partial charge is 0.304 e. The van der Waals surface area contributed by atoms with Gasteiger partial charge in [0.05, 0.1) is 23.2 Å². The number of carboxylic acids is 1. The molecule has 0 aromatic carbocycles. The number of aliphatic carboxylic acids is 1. The highest BCUT2D eigenvalue weighted by Gasteiger charge is 2.17. The zero-order chi connectivity index (χ0) is 12.1. The van der Waals surface area contributed by atoms with Gasteiger partial charge in [0.1, 0.15) is 0 Å². The fraction of sp³-hybridized carbons (Fsp3) is 0.636. The van der Waals surface area contributed by atoms with E-state index in [4.69, 9.17) is 5.11 Å². The molecule has 0 radical (unpaired) electrons. The van der Waals surface area contributed by atoms with Crippen molar-refractivity contribution in [3.63, 3.8) is 0 Å². The first kappa shape index (κ1) is 13.1. The van der Waals surface area contributed by atoms with Crippen LogP contribution in [-0.4, -0.2) is 34.0 Å². The van der Waals surface area contributed by atoms with Gasteiger partial charge in [-0.2, -0.15) is 0 Å². The van der Waals surface area contributed by atoms with Crippen molar-refractivity contribution in [1.29, 1.82) is 0 Å². The van der Waals surface area contributed by atoms with Crippen molar-refractivity contribution in [2.75, 3.05) is 13.1 Å². The molecule has 1 aromatic heterocycles. The molecule has 1 heterocycles. The van der Waals surface area contributed by atoms with Crippen LogP contribution in [0.4, 0.5) is 0 Å². The maximum Gasteiger partial charge on any atom is 0.304 e. The second-order valence-electron chi connectivity index (χ2n) is 3.74. The van der Waals surface area contributed by atoms with Gasteiger partial charge in [0.15, 0.2) is 0 Å². The van der Waals surface area contributed by atoms with Gasteiger partial charge in [-0.3, -0.25) is 9.69 Å². The molecule has 1 atom stereocenters. The average Bonchev–Trinajstić information content (AvgIpc) is 2.65. The predicted octanol–water partition coefficient (Wildman–Crippen LogP) is 2.31. The Morgan fingerprint density at radius 2 is 2.38 bits per heavy atom. The number of carbonyl (C=O) groups is 1. The van der Waals surface area contributed by atoms with E-state index in [-0.39, 0.29) is 12.5 Å². The van der Waals surface area contributed by atoms with Crippen LogP contribution in [0.5, 0.6) is 0 Å². The predicted molar refractivity (Wildman–Crippen MR) is 64.8 cm³/mol. The van der Waals surface area contributed by atoms with Crippen molar-refractivity contribution in [2.45, 2.75) is 33.2 Å². The lowest BCUT2D eigenvalue weighted by atomic mass is 10.2. The molecule has 5 heteroatoms. The Kier molecular flexibility index (Phi) is 4.89. The van der Waals surface area contributed by atoms with Gasteiger partial charge in [-0.1, -0.05) is 6.92 Å². The van der Waals surface area contributed by atoms with Gasteiger partial charge in [-0.05, 0) is 20.4 Å². The van der Waals surface area contributed by atoms with Crippen molar-refractivity contribution >= 4 is 17.3 Å². The molecule has 1 unspecified atom stereocenters. The Morgan fingerprint density at radius 1 is 1.69 bits per heavy atom. The van der Waals surface area contributed by atoms with E-state index in [1.54, 1.807) is 11.3 Å². The molecule has 4 nitrogen and oxygen atoms in total. The number of carboxylic acid groups (broad SMARTS) is 1. The Morgan fingerprint density at radius 3 is 2.81 bits per heavy atom. The zero-order valence-corrected chi connectivity index (χ0v) is 10.8. The van der Waals surface area contributed by atoms with Crippen LogP contribution in [0.15, 0.2) is 5.38 Å². The van der Waals surface area contributed by atoms with Gasteiger partial charge in [-0.15, -0.1) is 11.3 Å². The maximum atomic E-state index is 10.5. The summed E-state index contributed by atoms with van der Waals surface area (Å²) in [5.74, 6) is -0.750. The fourth-order valence-electron chi connectivity index (χ4n) is 1.62. The third-order valence-electron chi connectivity index (χ3n) is 2.63. The van der Waals surface area contributed by atoms with E-state index in [0.29, 0.717) is 6.54 Å². The first-order valence-corrected chi connectivity index (χ1v) is 6.30. The van der Waals surface area contributed by atoms with Crippen LogP contribution in [-0.2, 0) is 4.79 Å². The molecule has 1 N–H and O–H groups in total. The molecular formula is C11H18N2O2S. The SMILES string of the molecule is CCN(CCC(=O)O)C(C)c1csc(C)n1. The highest BCUT2D eigenvalue weighted by molar-refractivity contribution is 7.09. The van der Waals surface area contributed by atoms with Gasteiger partial charge in [-0.25, -0.2) is 4.98 Å². The molecule has 0 aliphatic heterocycles. The van der Waals surface area contributed by atoms with Crippen LogP contribution in [0, 0.1) is 6.92 Å². The molecule has 90 valence electrons. The monoisotopic (exact) mass is 242 g/mol. The maximum absolute atomic E-state index is 10.5. The van der Waals surface area contributed by atoms with Crippen LogP contribution in [0.25, 0.3) is 0 Å². The Hall–Kier alpha value is -0.940. The lowest BCUT2D eigenvalue weighted by molar-refractivity contribution is -0.137. The van der Waals surface area contributed by atoms with E-state index in [1.165, 1.54) is 0 Å². The first-order valence-electron chi connectivity index (χ1n) is 5.42. The number of aromatic nitrogens is 1. The quantitative estimate of drug-likeness (QED) is 0.831. The number of hydrogen-bond acceptors (Lipinski definition) is 4. The Bertz CT molecular complexity index is 352. The minimum Gasteiger partial charge on any atom is -0.481 e. The molecule has 0 aliphatic carbocycles. The molecule has 16 heavy (non-hydrogen) atoms. The summed E-state index contributed by atoms with van der Waals surface area (Å²) in [7, 11) is 0. The van der Waals surface area contributed by atoms with Crippen LogP contribution >= 0.6 is 11.3 Å². The van der Waals surface area contributed by atoms with Crippen LogP contribution < -0.4 is 0 Å². The van der Waals surface area contributed by atoms with Crippen molar-refractivity contribution < 1.29 is 9.90 Å². The van der Waals surface area contributed by atoms with Crippen LogP contribution in [0.1, 0.15) is 37.0 Å². The van der Waals surface area contributed by atoms with Gasteiger partial charge < -0.3 is 5.11 Å². The van der Waals surface area contributed by atoms with E-state index in [9.17, 15) is 4.79 Å². The average molecular weight is 242 g/mol. The fourth-order valence-corrected chi connectivity index (χ4v) is 2.32.